The van der Waals surface area contributed by atoms with Crippen molar-refractivity contribution in [1.82, 2.24) is 15.0 Å². The van der Waals surface area contributed by atoms with Gasteiger partial charge in [-0.25, -0.2) is 9.97 Å². The quantitative estimate of drug-likeness (QED) is 0.779. The van der Waals surface area contributed by atoms with Crippen LogP contribution in [-0.4, -0.2) is 15.0 Å². The third-order valence-electron chi connectivity index (χ3n) is 2.43. The lowest BCUT2D eigenvalue weighted by atomic mass is 10.3. The lowest BCUT2D eigenvalue weighted by Crippen LogP contribution is -1.82. The average molecular weight is 274 g/mol. The Hall–Kier alpha value is -1.79. The maximum absolute atomic E-state index is 5.71. The molecule has 0 aromatic carbocycles. The summed E-state index contributed by atoms with van der Waals surface area (Å²) in [7, 11) is 0. The van der Waals surface area contributed by atoms with Crippen molar-refractivity contribution < 1.29 is 0 Å². The molecule has 6 heteroatoms. The van der Waals surface area contributed by atoms with E-state index in [0.29, 0.717) is 5.13 Å². The lowest BCUT2D eigenvalue weighted by Gasteiger charge is -1.93. The van der Waals surface area contributed by atoms with Gasteiger partial charge in [-0.1, -0.05) is 17.4 Å². The summed E-state index contributed by atoms with van der Waals surface area (Å²) in [4.78, 5) is 14.1. The van der Waals surface area contributed by atoms with Crippen LogP contribution in [0, 0.1) is 6.92 Å². The largest absolute Gasteiger partial charge is 0.375 e. The van der Waals surface area contributed by atoms with Crippen molar-refractivity contribution in [2.75, 3.05) is 5.73 Å². The first-order valence-corrected chi connectivity index (χ1v) is 7.04. The summed E-state index contributed by atoms with van der Waals surface area (Å²) in [5.74, 6) is 0. The van der Waals surface area contributed by atoms with Crippen LogP contribution in [0.25, 0.3) is 21.3 Å². The van der Waals surface area contributed by atoms with E-state index in [1.165, 1.54) is 11.3 Å². The molecule has 0 spiro atoms. The molecule has 0 amide bonds. The van der Waals surface area contributed by atoms with Gasteiger partial charge in [0.2, 0.25) is 0 Å². The van der Waals surface area contributed by atoms with Gasteiger partial charge in [0.25, 0.3) is 0 Å². The topological polar surface area (TPSA) is 64.7 Å². The lowest BCUT2D eigenvalue weighted by molar-refractivity contribution is 1.26. The predicted octanol–water partition coefficient (Wildman–Crippen LogP) is 3.22. The van der Waals surface area contributed by atoms with Gasteiger partial charge in [-0.2, -0.15) is 0 Å². The van der Waals surface area contributed by atoms with E-state index in [-0.39, 0.29) is 0 Å². The molecule has 0 aliphatic rings. The molecule has 3 aromatic heterocycles. The minimum Gasteiger partial charge on any atom is -0.375 e. The predicted molar refractivity (Wildman–Crippen MR) is 75.6 cm³/mol. The SMILES string of the molecule is Cc1nc(N)sc1-c1csc(-c2ccccn2)n1. The Morgan fingerprint density at radius 3 is 2.72 bits per heavy atom. The molecule has 3 aromatic rings. The second-order valence-corrected chi connectivity index (χ2v) is 5.61. The van der Waals surface area contributed by atoms with Gasteiger partial charge in [0.05, 0.1) is 22.0 Å². The van der Waals surface area contributed by atoms with Crippen molar-refractivity contribution in [3.63, 3.8) is 0 Å². The minimum absolute atomic E-state index is 0.579. The second kappa shape index (κ2) is 4.47. The molecule has 3 rings (SSSR count). The van der Waals surface area contributed by atoms with Gasteiger partial charge in [0.1, 0.15) is 5.01 Å². The van der Waals surface area contributed by atoms with Crippen LogP contribution in [0.4, 0.5) is 5.13 Å². The smallest absolute Gasteiger partial charge is 0.180 e. The van der Waals surface area contributed by atoms with Gasteiger partial charge in [-0.3, -0.25) is 4.98 Å². The van der Waals surface area contributed by atoms with Crippen LogP contribution in [0.2, 0.25) is 0 Å². The zero-order chi connectivity index (χ0) is 12.5. The van der Waals surface area contributed by atoms with Gasteiger partial charge < -0.3 is 5.73 Å². The molecule has 3 heterocycles. The van der Waals surface area contributed by atoms with E-state index in [1.807, 2.05) is 30.5 Å². The Labute approximate surface area is 112 Å². The molecule has 0 aliphatic heterocycles. The fourth-order valence-electron chi connectivity index (χ4n) is 1.64. The third kappa shape index (κ3) is 2.00. The molecular weight excluding hydrogens is 264 g/mol. The molecule has 90 valence electrons. The van der Waals surface area contributed by atoms with Gasteiger partial charge >= 0.3 is 0 Å². The van der Waals surface area contributed by atoms with Crippen LogP contribution in [-0.2, 0) is 0 Å². The van der Waals surface area contributed by atoms with Crippen molar-refractivity contribution in [3.8, 4) is 21.3 Å². The number of thiazole rings is 2. The van der Waals surface area contributed by atoms with Crippen molar-refractivity contribution in [2.45, 2.75) is 6.92 Å². The first kappa shape index (κ1) is 11.3. The molecule has 0 fully saturated rings. The standard InChI is InChI=1S/C12H10N4S2/c1-7-10(18-12(13)15-7)9-6-17-11(16-9)8-4-2-3-5-14-8/h2-6H,1H3,(H2,13,15). The van der Waals surface area contributed by atoms with E-state index in [1.54, 1.807) is 17.5 Å². The van der Waals surface area contributed by atoms with Gasteiger partial charge in [-0.05, 0) is 19.1 Å². The normalized spacial score (nSPS) is 10.7. The second-order valence-electron chi connectivity index (χ2n) is 3.72. The Kier molecular flexibility index (Phi) is 2.81. The first-order valence-electron chi connectivity index (χ1n) is 5.34. The maximum Gasteiger partial charge on any atom is 0.180 e. The highest BCUT2D eigenvalue weighted by Crippen LogP contribution is 2.34. The van der Waals surface area contributed by atoms with Crippen molar-refractivity contribution in [1.29, 1.82) is 0 Å². The van der Waals surface area contributed by atoms with Crippen molar-refractivity contribution in [3.05, 3.63) is 35.5 Å². The Bertz CT molecular complexity index is 672. The van der Waals surface area contributed by atoms with E-state index in [0.717, 1.165) is 27.0 Å². The Morgan fingerprint density at radius 2 is 2.06 bits per heavy atom. The van der Waals surface area contributed by atoms with E-state index >= 15 is 0 Å². The fourth-order valence-corrected chi connectivity index (χ4v) is 3.30. The van der Waals surface area contributed by atoms with Crippen LogP contribution < -0.4 is 5.73 Å². The number of hydrogen-bond donors (Lipinski definition) is 1. The minimum atomic E-state index is 0.579. The van der Waals surface area contributed by atoms with Crippen LogP contribution >= 0.6 is 22.7 Å². The first-order chi connectivity index (χ1) is 8.74. The molecule has 0 radical (unpaired) electrons. The summed E-state index contributed by atoms with van der Waals surface area (Å²) >= 11 is 3.05. The fraction of sp³-hybridized carbons (Fsp3) is 0.0833. The molecular formula is C12H10N4S2. The van der Waals surface area contributed by atoms with E-state index < -0.39 is 0 Å². The zero-order valence-electron chi connectivity index (χ0n) is 9.62. The summed E-state index contributed by atoms with van der Waals surface area (Å²) in [6.45, 7) is 1.95. The highest BCUT2D eigenvalue weighted by atomic mass is 32.1. The summed E-state index contributed by atoms with van der Waals surface area (Å²) in [5.41, 5.74) is 8.45. The molecule has 0 bridgehead atoms. The number of nitrogen functional groups attached to an aromatic ring is 1. The number of rotatable bonds is 2. The van der Waals surface area contributed by atoms with Crippen molar-refractivity contribution in [2.24, 2.45) is 0 Å². The number of hydrogen-bond acceptors (Lipinski definition) is 6. The molecule has 0 atom stereocenters. The molecule has 0 saturated carbocycles. The van der Waals surface area contributed by atoms with E-state index in [4.69, 9.17) is 5.73 Å². The van der Waals surface area contributed by atoms with Crippen molar-refractivity contribution >= 4 is 27.8 Å². The number of aryl methyl sites for hydroxylation is 1. The van der Waals surface area contributed by atoms with Gasteiger partial charge in [-0.15, -0.1) is 11.3 Å². The number of pyridine rings is 1. The molecule has 0 unspecified atom stereocenters. The van der Waals surface area contributed by atoms with Crippen LogP contribution in [0.5, 0.6) is 0 Å². The summed E-state index contributed by atoms with van der Waals surface area (Å²) in [6.07, 6.45) is 1.77. The van der Waals surface area contributed by atoms with Crippen LogP contribution in [0.1, 0.15) is 5.69 Å². The molecule has 2 N–H and O–H groups in total. The van der Waals surface area contributed by atoms with E-state index in [2.05, 4.69) is 15.0 Å². The third-order valence-corrected chi connectivity index (χ3v) is 4.31. The van der Waals surface area contributed by atoms with E-state index in [9.17, 15) is 0 Å². The Morgan fingerprint density at radius 1 is 1.17 bits per heavy atom. The average Bonchev–Trinajstić information content (AvgIpc) is 2.97. The van der Waals surface area contributed by atoms with Gasteiger partial charge in [0, 0.05) is 11.6 Å². The number of nitrogens with zero attached hydrogens (tertiary/aromatic N) is 3. The molecule has 4 nitrogen and oxygen atoms in total. The molecule has 0 saturated heterocycles. The number of nitrogens with two attached hydrogens (primary N) is 1. The molecule has 18 heavy (non-hydrogen) atoms. The monoisotopic (exact) mass is 274 g/mol. The van der Waals surface area contributed by atoms with Gasteiger partial charge in [0.15, 0.2) is 5.13 Å². The highest BCUT2D eigenvalue weighted by molar-refractivity contribution is 7.19. The summed E-state index contributed by atoms with van der Waals surface area (Å²) in [6, 6.07) is 5.81. The summed E-state index contributed by atoms with van der Waals surface area (Å²) < 4.78 is 0. The number of anilines is 1. The van der Waals surface area contributed by atoms with Crippen LogP contribution in [0.15, 0.2) is 29.8 Å². The highest BCUT2D eigenvalue weighted by Gasteiger charge is 2.12. The number of aromatic nitrogens is 3. The maximum atomic E-state index is 5.71. The summed E-state index contributed by atoms with van der Waals surface area (Å²) in [5, 5.41) is 3.51. The Balaban J connectivity index is 2.02. The molecule has 0 aliphatic carbocycles. The van der Waals surface area contributed by atoms with Crippen LogP contribution in [0.3, 0.4) is 0 Å². The zero-order valence-corrected chi connectivity index (χ0v) is 11.3.